The molecule has 0 aromatic heterocycles. The molecule has 0 aromatic carbocycles. The van der Waals surface area contributed by atoms with Crippen molar-refractivity contribution in [2.24, 2.45) is 0 Å². The maximum atomic E-state index is 10.5. The fourth-order valence-corrected chi connectivity index (χ4v) is 2.64. The molecule has 9 nitrogen and oxygen atoms in total. The molecular weight excluding hydrogens is 500 g/mol. The van der Waals surface area contributed by atoms with Gasteiger partial charge in [-0.05, 0) is 0 Å². The van der Waals surface area contributed by atoms with E-state index < -0.39 is 21.9 Å². The van der Waals surface area contributed by atoms with E-state index >= 15 is 0 Å². The van der Waals surface area contributed by atoms with Crippen molar-refractivity contribution in [2.45, 2.75) is 46.4 Å². The number of hydrogen-bond acceptors (Lipinski definition) is 9. The van der Waals surface area contributed by atoms with Gasteiger partial charge >= 0.3 is 189 Å². The van der Waals surface area contributed by atoms with Crippen LogP contribution in [0, 0.1) is 0 Å². The van der Waals surface area contributed by atoms with Crippen molar-refractivity contribution >= 4 is 21.9 Å². The molecule has 0 saturated carbocycles. The summed E-state index contributed by atoms with van der Waals surface area (Å²) in [5.41, 5.74) is 0. The Morgan fingerprint density at radius 3 is 0.867 bits per heavy atom. The van der Waals surface area contributed by atoms with Crippen LogP contribution in [0.25, 0.3) is 0 Å². The first-order valence-corrected chi connectivity index (χ1v) is 17.7. The molecule has 1 aliphatic carbocycles. The van der Waals surface area contributed by atoms with Gasteiger partial charge in [-0.3, -0.25) is 0 Å². The van der Waals surface area contributed by atoms with E-state index in [2.05, 4.69) is 15.7 Å². The van der Waals surface area contributed by atoms with Crippen LogP contribution in [0.1, 0.15) is 41.5 Å². The van der Waals surface area contributed by atoms with Gasteiger partial charge in [0.25, 0.3) is 0 Å². The van der Waals surface area contributed by atoms with Crippen LogP contribution in [-0.2, 0) is 15.7 Å². The molecular formula is C17H42CoO9P3. The van der Waals surface area contributed by atoms with Gasteiger partial charge in [-0.1, -0.05) is 0 Å². The Morgan fingerprint density at radius 1 is 0.600 bits per heavy atom. The van der Waals surface area contributed by atoms with E-state index in [1.54, 1.807) is 27.7 Å². The van der Waals surface area contributed by atoms with Crippen LogP contribution < -0.4 is 9.79 Å². The van der Waals surface area contributed by atoms with Crippen molar-refractivity contribution in [2.75, 3.05) is 37.0 Å². The van der Waals surface area contributed by atoms with Crippen LogP contribution >= 0.6 is 21.9 Å². The zero-order valence-electron chi connectivity index (χ0n) is 18.8. The average molecular weight is 542 g/mol. The van der Waals surface area contributed by atoms with Gasteiger partial charge in [-0.2, -0.15) is 0 Å². The summed E-state index contributed by atoms with van der Waals surface area (Å²) in [6.45, 7) is 9.09. The van der Waals surface area contributed by atoms with E-state index in [1.165, 1.54) is 13.8 Å². The predicted octanol–water partition coefficient (Wildman–Crippen LogP) is 1.09. The van der Waals surface area contributed by atoms with E-state index in [4.69, 9.17) is 34.3 Å². The van der Waals surface area contributed by atoms with Crippen molar-refractivity contribution in [3.05, 3.63) is 24.3 Å². The van der Waals surface area contributed by atoms with Crippen LogP contribution in [0.15, 0.2) is 24.3 Å². The molecule has 0 radical (unpaired) electrons. The Labute approximate surface area is 189 Å². The molecule has 188 valence electrons. The molecule has 0 spiro atoms. The Balaban J connectivity index is -0.000000325. The molecule has 0 aliphatic heterocycles. The summed E-state index contributed by atoms with van der Waals surface area (Å²) < 4.78 is 0. The van der Waals surface area contributed by atoms with E-state index in [0.717, 1.165) is 0 Å². The van der Waals surface area contributed by atoms with E-state index in [9.17, 15) is 9.79 Å². The molecule has 1 rings (SSSR count). The third-order valence-electron chi connectivity index (χ3n) is 4.52. The monoisotopic (exact) mass is 542 g/mol. The number of hydrogen-bond donors (Lipinski definition) is 7. The SMILES string of the molecule is CCP(O)(O)(O)CC.CCP(O)(O)(O)CC.CCP([O-])([O-])(O)CC.[Co+2][CH]1C=CC=C1. The van der Waals surface area contributed by atoms with Crippen LogP contribution in [-0.4, -0.2) is 71.2 Å². The molecule has 13 heteroatoms. The summed E-state index contributed by atoms with van der Waals surface area (Å²) in [4.78, 5) is 83.1. The Bertz CT molecular complexity index is 451. The van der Waals surface area contributed by atoms with Crippen LogP contribution in [0.2, 0.25) is 4.85 Å². The third kappa shape index (κ3) is 22.1. The quantitative estimate of drug-likeness (QED) is 0.241. The van der Waals surface area contributed by atoms with Crippen molar-refractivity contribution in [3.8, 4) is 0 Å². The zero-order valence-corrected chi connectivity index (χ0v) is 22.5. The molecule has 0 saturated heterocycles. The van der Waals surface area contributed by atoms with Crippen molar-refractivity contribution in [1.82, 2.24) is 0 Å². The normalized spacial score (nSPS) is 17.9. The van der Waals surface area contributed by atoms with Crippen LogP contribution in [0.3, 0.4) is 0 Å². The van der Waals surface area contributed by atoms with Gasteiger partial charge in [0.2, 0.25) is 0 Å². The summed E-state index contributed by atoms with van der Waals surface area (Å²) in [6.07, 6.45) is 7.95. The predicted molar refractivity (Wildman–Crippen MR) is 122 cm³/mol. The topological polar surface area (TPSA) is 188 Å². The van der Waals surface area contributed by atoms with Crippen molar-refractivity contribution in [3.63, 3.8) is 0 Å². The first-order chi connectivity index (χ1) is 13.1. The number of allylic oxidation sites excluding steroid dienone is 4. The van der Waals surface area contributed by atoms with Gasteiger partial charge in [0.15, 0.2) is 0 Å². The molecule has 0 aromatic rings. The van der Waals surface area contributed by atoms with Gasteiger partial charge in [0, 0.05) is 0 Å². The van der Waals surface area contributed by atoms with Gasteiger partial charge < -0.3 is 0 Å². The fourth-order valence-electron chi connectivity index (χ4n) is 1.07. The molecule has 7 N–H and O–H groups in total. The second-order valence-electron chi connectivity index (χ2n) is 7.02. The maximum absolute atomic E-state index is 10.5. The van der Waals surface area contributed by atoms with Crippen molar-refractivity contribution < 1.29 is 59.8 Å². The Morgan fingerprint density at radius 2 is 0.833 bits per heavy atom. The summed E-state index contributed by atoms with van der Waals surface area (Å²) in [5, 5.41) is 0. The van der Waals surface area contributed by atoms with Crippen LogP contribution in [0.5, 0.6) is 0 Å². The van der Waals surface area contributed by atoms with E-state index in [-0.39, 0.29) is 37.0 Å². The second kappa shape index (κ2) is 13.0. The molecule has 0 unspecified atom stereocenters. The molecule has 0 heterocycles. The molecule has 0 atom stereocenters. The number of rotatable bonds is 6. The van der Waals surface area contributed by atoms with E-state index in [0.29, 0.717) is 4.85 Å². The first kappa shape index (κ1) is 35.5. The third-order valence-corrected chi connectivity index (χ3v) is 12.6. The summed E-state index contributed by atoms with van der Waals surface area (Å²) in [5.74, 6) is 0. The minimum atomic E-state index is -4.60. The Kier molecular flexibility index (Phi) is 15.4. The molecule has 0 fully saturated rings. The van der Waals surface area contributed by atoms with Gasteiger partial charge in [-0.25, -0.2) is 0 Å². The van der Waals surface area contributed by atoms with Gasteiger partial charge in [-0.15, -0.1) is 0 Å². The zero-order chi connectivity index (χ0) is 25.0. The minimum absolute atomic E-state index is 0.0576. The second-order valence-corrected chi connectivity index (χ2v) is 19.4. The molecule has 30 heavy (non-hydrogen) atoms. The van der Waals surface area contributed by atoms with Crippen molar-refractivity contribution in [1.29, 1.82) is 0 Å². The van der Waals surface area contributed by atoms with Gasteiger partial charge in [0.05, 0.1) is 0 Å². The molecule has 0 bridgehead atoms. The van der Waals surface area contributed by atoms with E-state index in [1.807, 2.05) is 24.3 Å². The summed E-state index contributed by atoms with van der Waals surface area (Å²) in [6, 6.07) is 0. The molecule has 1 aliphatic rings. The Hall–Kier alpha value is 0.916. The molecule has 0 amide bonds. The summed E-state index contributed by atoms with van der Waals surface area (Å²) >= 11 is 4.16. The first-order valence-electron chi connectivity index (χ1n) is 9.76. The van der Waals surface area contributed by atoms with Crippen LogP contribution in [0.4, 0.5) is 0 Å². The fraction of sp³-hybridized carbons (Fsp3) is 0.765. The summed E-state index contributed by atoms with van der Waals surface area (Å²) in [7, 11) is -12.8. The average Bonchev–Trinajstić information content (AvgIpc) is 3.14. The van der Waals surface area contributed by atoms with Gasteiger partial charge in [0.1, 0.15) is 0 Å². The standard InChI is InChI=1S/C5H5.2C4H13O3P.C4H11O3P.Co/c1-2-4-5-3-1;3*1-3-8(5,6,7)4-2;/h1-5H;2*5-7H,3-4H2,1-2H3;5H,3-4H2,1-2H3;/q;;;-2;+2.